The fourth-order valence-electron chi connectivity index (χ4n) is 4.72. The predicted octanol–water partition coefficient (Wildman–Crippen LogP) is 3.48. The molecule has 0 atom stereocenters. The summed E-state index contributed by atoms with van der Waals surface area (Å²) in [4.78, 5) is 13.3. The third kappa shape index (κ3) is 4.70. The van der Waals surface area contributed by atoms with E-state index in [1.807, 2.05) is 12.1 Å². The second kappa shape index (κ2) is 9.81. The fourth-order valence-corrected chi connectivity index (χ4v) is 7.81. The van der Waals surface area contributed by atoms with Crippen molar-refractivity contribution in [2.24, 2.45) is 0 Å². The fraction of sp³-hybridized carbons (Fsp3) is 0.269. The van der Waals surface area contributed by atoms with Crippen LogP contribution in [0.25, 0.3) is 0 Å². The van der Waals surface area contributed by atoms with Crippen LogP contribution >= 0.6 is 0 Å². The van der Waals surface area contributed by atoms with E-state index >= 15 is 0 Å². The molecular weight excluding hydrogens is 514 g/mol. The van der Waals surface area contributed by atoms with Gasteiger partial charge in [0.05, 0.1) is 28.2 Å². The summed E-state index contributed by atoms with van der Waals surface area (Å²) in [6.07, 6.45) is 2.24. The molecule has 2 aliphatic heterocycles. The molecule has 0 aromatic heterocycles. The van der Waals surface area contributed by atoms with Gasteiger partial charge >= 0.3 is 0 Å². The van der Waals surface area contributed by atoms with Crippen molar-refractivity contribution < 1.29 is 26.4 Å². The van der Waals surface area contributed by atoms with Gasteiger partial charge in [-0.05, 0) is 67.3 Å². The molecule has 2 aliphatic rings. The lowest BCUT2D eigenvalue weighted by Crippen LogP contribution is -2.29. The Hall–Kier alpha value is -3.41. The summed E-state index contributed by atoms with van der Waals surface area (Å²) in [6, 6.07) is 17.5. The molecule has 5 rings (SSSR count). The molecular formula is C26H27N3O6S2. The molecule has 0 saturated carbocycles. The first-order valence-electron chi connectivity index (χ1n) is 11.9. The van der Waals surface area contributed by atoms with E-state index in [0.717, 1.165) is 18.4 Å². The zero-order chi connectivity index (χ0) is 26.2. The van der Waals surface area contributed by atoms with Crippen LogP contribution in [0, 0.1) is 0 Å². The minimum atomic E-state index is -3.93. The van der Waals surface area contributed by atoms with Gasteiger partial charge in [0.1, 0.15) is 5.75 Å². The number of para-hydroxylation sites is 1. The lowest BCUT2D eigenvalue weighted by atomic mass is 10.2. The van der Waals surface area contributed by atoms with Crippen molar-refractivity contribution in [3.8, 4) is 5.75 Å². The molecule has 9 nitrogen and oxygen atoms in total. The molecule has 0 bridgehead atoms. The maximum atomic E-state index is 13.5. The van der Waals surface area contributed by atoms with Gasteiger partial charge in [-0.2, -0.15) is 4.31 Å². The highest BCUT2D eigenvalue weighted by atomic mass is 32.2. The van der Waals surface area contributed by atoms with Gasteiger partial charge in [0.15, 0.2) is 0 Å². The number of sulfonamides is 2. The monoisotopic (exact) mass is 541 g/mol. The number of amides is 1. The van der Waals surface area contributed by atoms with Crippen LogP contribution in [0.2, 0.25) is 0 Å². The highest BCUT2D eigenvalue weighted by Gasteiger charge is 2.32. The van der Waals surface area contributed by atoms with E-state index in [0.29, 0.717) is 31.7 Å². The van der Waals surface area contributed by atoms with Crippen molar-refractivity contribution in [1.82, 2.24) is 4.31 Å². The number of methoxy groups -OCH3 is 1. The van der Waals surface area contributed by atoms with Gasteiger partial charge in [0.25, 0.3) is 15.9 Å². The lowest BCUT2D eigenvalue weighted by molar-refractivity contribution is 0.102. The summed E-state index contributed by atoms with van der Waals surface area (Å²) in [7, 11) is -6.20. The number of rotatable bonds is 7. The van der Waals surface area contributed by atoms with Crippen LogP contribution in [0.3, 0.4) is 0 Å². The van der Waals surface area contributed by atoms with Crippen LogP contribution in [0.15, 0.2) is 76.5 Å². The third-order valence-corrected chi connectivity index (χ3v) is 10.3. The Labute approximate surface area is 216 Å². The minimum Gasteiger partial charge on any atom is -0.496 e. The Morgan fingerprint density at radius 2 is 1.57 bits per heavy atom. The normalized spacial score (nSPS) is 16.0. The molecule has 0 spiro atoms. The van der Waals surface area contributed by atoms with E-state index in [2.05, 4.69) is 5.32 Å². The summed E-state index contributed by atoms with van der Waals surface area (Å²) in [6.45, 7) is 1.26. The lowest BCUT2D eigenvalue weighted by Gasteiger charge is -2.20. The van der Waals surface area contributed by atoms with Gasteiger partial charge in [0, 0.05) is 25.3 Å². The number of ether oxygens (including phenoxy) is 1. The van der Waals surface area contributed by atoms with Gasteiger partial charge in [-0.25, -0.2) is 16.8 Å². The zero-order valence-electron chi connectivity index (χ0n) is 20.3. The Morgan fingerprint density at radius 1 is 0.838 bits per heavy atom. The minimum absolute atomic E-state index is 0.0175. The van der Waals surface area contributed by atoms with Crippen LogP contribution in [0.1, 0.15) is 28.8 Å². The van der Waals surface area contributed by atoms with Crippen LogP contribution in [0.4, 0.5) is 11.4 Å². The SMILES string of the molecule is COc1ccc(S(=O)(=O)N2CCc3ccccc32)cc1C(=O)Nc1cccc(S(=O)(=O)N2CCCC2)c1. The Morgan fingerprint density at radius 3 is 2.32 bits per heavy atom. The molecule has 1 amide bonds. The topological polar surface area (TPSA) is 113 Å². The van der Waals surface area contributed by atoms with Crippen molar-refractivity contribution >= 4 is 37.3 Å². The number of carbonyl (C=O) groups excluding carboxylic acids is 1. The van der Waals surface area contributed by atoms with Crippen LogP contribution in [0.5, 0.6) is 5.75 Å². The molecule has 1 N–H and O–H groups in total. The summed E-state index contributed by atoms with van der Waals surface area (Å²) < 4.78 is 61.0. The zero-order valence-corrected chi connectivity index (χ0v) is 21.9. The molecule has 3 aromatic rings. The molecule has 11 heteroatoms. The van der Waals surface area contributed by atoms with Crippen molar-refractivity contribution in [2.75, 3.05) is 36.4 Å². The largest absolute Gasteiger partial charge is 0.496 e. The van der Waals surface area contributed by atoms with Gasteiger partial charge in [-0.1, -0.05) is 24.3 Å². The average molecular weight is 542 g/mol. The van der Waals surface area contributed by atoms with Gasteiger partial charge in [-0.3, -0.25) is 9.10 Å². The second-order valence-electron chi connectivity index (χ2n) is 8.91. The van der Waals surface area contributed by atoms with E-state index in [-0.39, 0.29) is 26.8 Å². The maximum absolute atomic E-state index is 13.5. The molecule has 3 aromatic carbocycles. The Kier molecular flexibility index (Phi) is 6.69. The van der Waals surface area contributed by atoms with Gasteiger partial charge < -0.3 is 10.1 Å². The van der Waals surface area contributed by atoms with Crippen LogP contribution in [-0.2, 0) is 26.5 Å². The average Bonchev–Trinajstić information content (AvgIpc) is 3.60. The van der Waals surface area contributed by atoms with Gasteiger partial charge in [0.2, 0.25) is 10.0 Å². The number of hydrogen-bond donors (Lipinski definition) is 1. The van der Waals surface area contributed by atoms with Crippen LogP contribution < -0.4 is 14.4 Å². The quantitative estimate of drug-likeness (QED) is 0.490. The molecule has 0 radical (unpaired) electrons. The highest BCUT2D eigenvalue weighted by Crippen LogP contribution is 2.34. The first-order chi connectivity index (χ1) is 17.7. The van der Waals surface area contributed by atoms with Crippen LogP contribution in [-0.4, -0.2) is 53.8 Å². The van der Waals surface area contributed by atoms with Crippen molar-refractivity contribution in [2.45, 2.75) is 29.1 Å². The van der Waals surface area contributed by atoms with E-state index in [4.69, 9.17) is 4.74 Å². The summed E-state index contributed by atoms with van der Waals surface area (Å²) in [5.41, 5.74) is 1.86. The number of nitrogens with one attached hydrogen (secondary N) is 1. The van der Waals surface area contributed by atoms with E-state index in [9.17, 15) is 21.6 Å². The molecule has 37 heavy (non-hydrogen) atoms. The summed E-state index contributed by atoms with van der Waals surface area (Å²) in [5.74, 6) is -0.425. The number of benzene rings is 3. The Bertz CT molecular complexity index is 1560. The van der Waals surface area contributed by atoms with E-state index in [1.165, 1.54) is 46.1 Å². The first-order valence-corrected chi connectivity index (χ1v) is 14.8. The standard InChI is InChI=1S/C26H27N3O6S2/c1-35-25-12-11-22(37(33,34)29-16-13-19-7-2-3-10-24(19)29)18-23(25)26(30)27-20-8-6-9-21(17-20)36(31,32)28-14-4-5-15-28/h2-3,6-12,17-18H,4-5,13-16H2,1H3,(H,27,30). The first kappa shape index (κ1) is 25.2. The summed E-state index contributed by atoms with van der Waals surface area (Å²) in [5, 5.41) is 2.69. The number of fused-ring (bicyclic) bond motifs is 1. The van der Waals surface area contributed by atoms with E-state index in [1.54, 1.807) is 24.3 Å². The number of hydrogen-bond acceptors (Lipinski definition) is 6. The smallest absolute Gasteiger partial charge is 0.264 e. The summed E-state index contributed by atoms with van der Waals surface area (Å²) >= 11 is 0. The number of anilines is 2. The highest BCUT2D eigenvalue weighted by molar-refractivity contribution is 7.92. The van der Waals surface area contributed by atoms with Gasteiger partial charge in [-0.15, -0.1) is 0 Å². The molecule has 1 saturated heterocycles. The predicted molar refractivity (Wildman–Crippen MR) is 140 cm³/mol. The van der Waals surface area contributed by atoms with Crippen molar-refractivity contribution in [3.63, 3.8) is 0 Å². The molecule has 0 unspecified atom stereocenters. The molecule has 1 fully saturated rings. The molecule has 2 heterocycles. The third-order valence-electron chi connectivity index (χ3n) is 6.64. The maximum Gasteiger partial charge on any atom is 0.264 e. The molecule has 0 aliphatic carbocycles. The van der Waals surface area contributed by atoms with Crippen molar-refractivity contribution in [1.29, 1.82) is 0 Å². The Balaban J connectivity index is 1.44. The second-order valence-corrected chi connectivity index (χ2v) is 12.7. The molecule has 194 valence electrons. The van der Waals surface area contributed by atoms with Crippen molar-refractivity contribution in [3.05, 3.63) is 77.9 Å². The van der Waals surface area contributed by atoms with E-state index < -0.39 is 26.0 Å². The number of carbonyl (C=O) groups is 1. The number of nitrogens with zero attached hydrogens (tertiary/aromatic N) is 2.